The number of hydrogen-bond donors (Lipinski definition) is 0. The first-order valence-corrected chi connectivity index (χ1v) is 8.11. The first kappa shape index (κ1) is 15.5. The molecule has 3 nitrogen and oxygen atoms in total. The average molecular weight is 316 g/mol. The maximum atomic E-state index is 4.56. The van der Waals surface area contributed by atoms with E-state index in [0.717, 1.165) is 24.1 Å². The third-order valence-electron chi connectivity index (χ3n) is 3.31. The van der Waals surface area contributed by atoms with Gasteiger partial charge in [-0.3, -0.25) is 4.68 Å². The van der Waals surface area contributed by atoms with E-state index in [4.69, 9.17) is 0 Å². The maximum absolute atomic E-state index is 4.56. The summed E-state index contributed by atoms with van der Waals surface area (Å²) in [5, 5.41) is 5.45. The van der Waals surface area contributed by atoms with Gasteiger partial charge in [0.1, 0.15) is 5.82 Å². The van der Waals surface area contributed by atoms with Gasteiger partial charge in [-0.1, -0.05) is 42.6 Å². The Balaban J connectivity index is 2.95. The van der Waals surface area contributed by atoms with Crippen molar-refractivity contribution in [3.8, 4) is 0 Å². The van der Waals surface area contributed by atoms with Crippen LogP contribution in [0.2, 0.25) is 0 Å². The van der Waals surface area contributed by atoms with Crippen LogP contribution in [0, 0.1) is 6.92 Å². The molecular weight excluding hydrogens is 290 g/mol. The standard InChI is InChI=1S/C14H26BrN3/c1-5-7-9-18(10-8-6-2)14-13(11-15)12(3)16-17(14)4/h5-11H2,1-4H3. The molecule has 1 rings (SSSR count). The van der Waals surface area contributed by atoms with E-state index in [2.05, 4.69) is 53.7 Å². The number of alkyl halides is 1. The molecule has 1 heterocycles. The van der Waals surface area contributed by atoms with Crippen molar-refractivity contribution >= 4 is 21.7 Å². The molecule has 1 aromatic heterocycles. The Bertz CT molecular complexity index is 352. The summed E-state index contributed by atoms with van der Waals surface area (Å²) in [6.07, 6.45) is 4.97. The summed E-state index contributed by atoms with van der Waals surface area (Å²) >= 11 is 3.60. The van der Waals surface area contributed by atoms with E-state index in [9.17, 15) is 0 Å². The number of hydrogen-bond acceptors (Lipinski definition) is 2. The van der Waals surface area contributed by atoms with Crippen molar-refractivity contribution in [2.75, 3.05) is 18.0 Å². The van der Waals surface area contributed by atoms with Crippen LogP contribution in [0.25, 0.3) is 0 Å². The minimum atomic E-state index is 0.886. The number of rotatable bonds is 8. The zero-order valence-corrected chi connectivity index (χ0v) is 13.8. The molecule has 0 aliphatic carbocycles. The second-order valence-electron chi connectivity index (χ2n) is 4.84. The van der Waals surface area contributed by atoms with Crippen LogP contribution in [-0.4, -0.2) is 22.9 Å². The molecule has 0 saturated heterocycles. The Morgan fingerprint density at radius 1 is 1.17 bits per heavy atom. The number of nitrogens with zero attached hydrogens (tertiary/aromatic N) is 3. The summed E-state index contributed by atoms with van der Waals surface area (Å²) in [7, 11) is 2.05. The Labute approximate surface area is 120 Å². The highest BCUT2D eigenvalue weighted by Crippen LogP contribution is 2.26. The minimum absolute atomic E-state index is 0.886. The number of aromatic nitrogens is 2. The quantitative estimate of drug-likeness (QED) is 0.675. The second-order valence-corrected chi connectivity index (χ2v) is 5.40. The number of aryl methyl sites for hydroxylation is 2. The van der Waals surface area contributed by atoms with Crippen LogP contribution in [0.4, 0.5) is 5.82 Å². The van der Waals surface area contributed by atoms with Crippen molar-refractivity contribution in [3.05, 3.63) is 11.3 Å². The normalized spacial score (nSPS) is 10.9. The van der Waals surface area contributed by atoms with E-state index in [-0.39, 0.29) is 0 Å². The SMILES string of the molecule is CCCCN(CCCC)c1c(CBr)c(C)nn1C. The van der Waals surface area contributed by atoms with E-state index in [1.165, 1.54) is 37.1 Å². The fourth-order valence-electron chi connectivity index (χ4n) is 2.26. The molecule has 0 amide bonds. The Morgan fingerprint density at radius 2 is 1.72 bits per heavy atom. The summed E-state index contributed by atoms with van der Waals surface area (Å²) in [6.45, 7) is 8.86. The molecule has 0 saturated carbocycles. The van der Waals surface area contributed by atoms with Gasteiger partial charge in [0.05, 0.1) is 5.69 Å². The molecule has 0 N–H and O–H groups in total. The average Bonchev–Trinajstić information content (AvgIpc) is 2.64. The highest BCUT2D eigenvalue weighted by Gasteiger charge is 2.17. The molecule has 104 valence electrons. The maximum Gasteiger partial charge on any atom is 0.130 e. The molecule has 0 unspecified atom stereocenters. The van der Waals surface area contributed by atoms with Gasteiger partial charge in [-0.2, -0.15) is 5.10 Å². The van der Waals surface area contributed by atoms with Crippen LogP contribution in [0.15, 0.2) is 0 Å². The van der Waals surface area contributed by atoms with Crippen molar-refractivity contribution in [1.29, 1.82) is 0 Å². The summed E-state index contributed by atoms with van der Waals surface area (Å²) in [6, 6.07) is 0. The third kappa shape index (κ3) is 3.74. The first-order valence-electron chi connectivity index (χ1n) is 6.99. The summed E-state index contributed by atoms with van der Waals surface area (Å²) in [5.74, 6) is 1.30. The van der Waals surface area contributed by atoms with Gasteiger partial charge >= 0.3 is 0 Å². The lowest BCUT2D eigenvalue weighted by Gasteiger charge is -2.25. The first-order chi connectivity index (χ1) is 8.65. The van der Waals surface area contributed by atoms with Crippen LogP contribution in [0.3, 0.4) is 0 Å². The van der Waals surface area contributed by atoms with Crippen LogP contribution in [0.1, 0.15) is 50.8 Å². The predicted octanol–water partition coefficient (Wildman–Crippen LogP) is 4.03. The molecule has 4 heteroatoms. The van der Waals surface area contributed by atoms with Crippen molar-refractivity contribution < 1.29 is 0 Å². The summed E-state index contributed by atoms with van der Waals surface area (Å²) in [4.78, 5) is 2.50. The zero-order chi connectivity index (χ0) is 13.5. The lowest BCUT2D eigenvalue weighted by atomic mass is 10.2. The molecular formula is C14H26BrN3. The fraction of sp³-hybridized carbons (Fsp3) is 0.786. The molecule has 0 bridgehead atoms. The third-order valence-corrected chi connectivity index (χ3v) is 3.87. The van der Waals surface area contributed by atoms with Gasteiger partial charge in [0, 0.05) is 31.0 Å². The topological polar surface area (TPSA) is 21.1 Å². The molecule has 0 radical (unpaired) electrons. The zero-order valence-electron chi connectivity index (χ0n) is 12.2. The van der Waals surface area contributed by atoms with Crippen molar-refractivity contribution in [3.63, 3.8) is 0 Å². The summed E-state index contributed by atoms with van der Waals surface area (Å²) < 4.78 is 2.04. The van der Waals surface area contributed by atoms with Gasteiger partial charge in [0.25, 0.3) is 0 Å². The second kappa shape index (κ2) is 7.82. The molecule has 0 aromatic carbocycles. The smallest absolute Gasteiger partial charge is 0.130 e. The van der Waals surface area contributed by atoms with Gasteiger partial charge in [0.15, 0.2) is 0 Å². The number of halogens is 1. The van der Waals surface area contributed by atoms with Crippen LogP contribution >= 0.6 is 15.9 Å². The Hall–Kier alpha value is -0.510. The molecule has 0 aliphatic rings. The van der Waals surface area contributed by atoms with E-state index >= 15 is 0 Å². The van der Waals surface area contributed by atoms with Crippen molar-refractivity contribution in [1.82, 2.24) is 9.78 Å². The number of anilines is 1. The largest absolute Gasteiger partial charge is 0.357 e. The molecule has 0 spiro atoms. The van der Waals surface area contributed by atoms with E-state index in [1.54, 1.807) is 0 Å². The van der Waals surface area contributed by atoms with Gasteiger partial charge < -0.3 is 4.90 Å². The van der Waals surface area contributed by atoms with E-state index in [1.807, 2.05) is 4.68 Å². The van der Waals surface area contributed by atoms with Gasteiger partial charge in [-0.05, 0) is 19.8 Å². The number of unbranched alkanes of at least 4 members (excludes halogenated alkanes) is 2. The van der Waals surface area contributed by atoms with Crippen LogP contribution in [-0.2, 0) is 12.4 Å². The molecule has 18 heavy (non-hydrogen) atoms. The predicted molar refractivity (Wildman–Crippen MR) is 82.6 cm³/mol. The van der Waals surface area contributed by atoms with Gasteiger partial charge in [-0.25, -0.2) is 0 Å². The summed E-state index contributed by atoms with van der Waals surface area (Å²) in [5.41, 5.74) is 2.48. The highest BCUT2D eigenvalue weighted by molar-refractivity contribution is 9.08. The van der Waals surface area contributed by atoms with Crippen molar-refractivity contribution in [2.24, 2.45) is 7.05 Å². The Kier molecular flexibility index (Phi) is 6.76. The van der Waals surface area contributed by atoms with Gasteiger partial charge in [-0.15, -0.1) is 0 Å². The lowest BCUT2D eigenvalue weighted by Crippen LogP contribution is -2.28. The Morgan fingerprint density at radius 3 is 2.17 bits per heavy atom. The van der Waals surface area contributed by atoms with Crippen molar-refractivity contribution in [2.45, 2.75) is 51.8 Å². The van der Waals surface area contributed by atoms with Crippen LogP contribution < -0.4 is 4.90 Å². The lowest BCUT2D eigenvalue weighted by molar-refractivity contribution is 0.641. The van der Waals surface area contributed by atoms with Gasteiger partial charge in [0.2, 0.25) is 0 Å². The molecule has 0 fully saturated rings. The molecule has 0 aliphatic heterocycles. The van der Waals surface area contributed by atoms with E-state index in [0.29, 0.717) is 0 Å². The minimum Gasteiger partial charge on any atom is -0.357 e. The fourth-order valence-corrected chi connectivity index (χ4v) is 2.92. The highest BCUT2D eigenvalue weighted by atomic mass is 79.9. The molecule has 1 aromatic rings. The monoisotopic (exact) mass is 315 g/mol. The van der Waals surface area contributed by atoms with E-state index < -0.39 is 0 Å². The van der Waals surface area contributed by atoms with Crippen LogP contribution in [0.5, 0.6) is 0 Å². The molecule has 0 atom stereocenters.